The molecule has 1 saturated heterocycles. The SMILES string of the molecule is OCc1nccn1C(C#Cc1ccc(-c2ccc(OC3CNC3)cc2)cc1)CO. The van der Waals surface area contributed by atoms with Crippen molar-refractivity contribution < 1.29 is 14.9 Å². The highest BCUT2D eigenvalue weighted by Gasteiger charge is 2.18. The number of hydrogen-bond donors (Lipinski definition) is 3. The minimum absolute atomic E-state index is 0.153. The first kappa shape index (κ1) is 19.2. The molecule has 0 spiro atoms. The summed E-state index contributed by atoms with van der Waals surface area (Å²) in [5.74, 6) is 7.51. The lowest BCUT2D eigenvalue weighted by molar-refractivity contribution is 0.142. The van der Waals surface area contributed by atoms with E-state index in [9.17, 15) is 10.2 Å². The zero-order chi connectivity index (χ0) is 20.1. The van der Waals surface area contributed by atoms with Crippen LogP contribution in [0.2, 0.25) is 0 Å². The highest BCUT2D eigenvalue weighted by molar-refractivity contribution is 5.65. The predicted molar refractivity (Wildman–Crippen MR) is 110 cm³/mol. The van der Waals surface area contributed by atoms with Gasteiger partial charge in [0.05, 0.1) is 6.61 Å². The van der Waals surface area contributed by atoms with Crippen LogP contribution >= 0.6 is 0 Å². The van der Waals surface area contributed by atoms with Crippen LogP contribution in [0, 0.1) is 11.8 Å². The van der Waals surface area contributed by atoms with Crippen molar-refractivity contribution in [2.75, 3.05) is 19.7 Å². The topological polar surface area (TPSA) is 79.5 Å². The molecule has 0 aliphatic carbocycles. The molecule has 1 fully saturated rings. The molecule has 148 valence electrons. The summed E-state index contributed by atoms with van der Waals surface area (Å²) in [5, 5.41) is 22.2. The molecule has 1 aliphatic rings. The molecule has 0 radical (unpaired) electrons. The van der Waals surface area contributed by atoms with Gasteiger partial charge in [-0.3, -0.25) is 0 Å². The van der Waals surface area contributed by atoms with Crippen LogP contribution in [-0.2, 0) is 6.61 Å². The Morgan fingerprint density at radius 3 is 2.34 bits per heavy atom. The number of aliphatic hydroxyl groups excluding tert-OH is 2. The highest BCUT2D eigenvalue weighted by Crippen LogP contribution is 2.23. The van der Waals surface area contributed by atoms with E-state index in [4.69, 9.17) is 4.74 Å². The summed E-state index contributed by atoms with van der Waals surface area (Å²) >= 11 is 0. The number of ether oxygens (including phenoxy) is 1. The van der Waals surface area contributed by atoms with E-state index < -0.39 is 6.04 Å². The van der Waals surface area contributed by atoms with Gasteiger partial charge in [0, 0.05) is 31.0 Å². The monoisotopic (exact) mass is 389 g/mol. The van der Waals surface area contributed by atoms with E-state index in [1.165, 1.54) is 0 Å². The summed E-state index contributed by atoms with van der Waals surface area (Å²) in [4.78, 5) is 4.06. The molecule has 3 N–H and O–H groups in total. The van der Waals surface area contributed by atoms with E-state index in [-0.39, 0.29) is 19.3 Å². The average molecular weight is 389 g/mol. The number of aromatic nitrogens is 2. The van der Waals surface area contributed by atoms with Gasteiger partial charge in [0.25, 0.3) is 0 Å². The smallest absolute Gasteiger partial charge is 0.135 e. The Bertz CT molecular complexity index is 996. The molecule has 1 aromatic heterocycles. The Morgan fingerprint density at radius 1 is 1.07 bits per heavy atom. The second-order valence-corrected chi connectivity index (χ2v) is 6.88. The van der Waals surface area contributed by atoms with Crippen LogP contribution in [-0.4, -0.2) is 45.6 Å². The third-order valence-corrected chi connectivity index (χ3v) is 4.90. The summed E-state index contributed by atoms with van der Waals surface area (Å²) in [7, 11) is 0. The van der Waals surface area contributed by atoms with Crippen molar-refractivity contribution in [3.8, 4) is 28.7 Å². The van der Waals surface area contributed by atoms with E-state index >= 15 is 0 Å². The highest BCUT2D eigenvalue weighted by atomic mass is 16.5. The van der Waals surface area contributed by atoms with Gasteiger partial charge in [-0.25, -0.2) is 4.98 Å². The number of nitrogens with zero attached hydrogens (tertiary/aromatic N) is 2. The molecular formula is C23H23N3O3. The number of imidazole rings is 1. The zero-order valence-electron chi connectivity index (χ0n) is 16.0. The summed E-state index contributed by atoms with van der Waals surface area (Å²) in [6.45, 7) is 1.47. The second-order valence-electron chi connectivity index (χ2n) is 6.88. The lowest BCUT2D eigenvalue weighted by Crippen LogP contribution is -2.50. The molecule has 6 heteroatoms. The van der Waals surface area contributed by atoms with Crippen LogP contribution in [0.5, 0.6) is 5.75 Å². The maximum atomic E-state index is 9.64. The molecule has 4 rings (SSSR count). The maximum Gasteiger partial charge on any atom is 0.135 e. The number of benzene rings is 2. The van der Waals surface area contributed by atoms with Crippen LogP contribution in [0.1, 0.15) is 17.4 Å². The van der Waals surface area contributed by atoms with Gasteiger partial charge in [0.1, 0.15) is 30.3 Å². The Kier molecular flexibility index (Phi) is 5.92. The molecule has 0 saturated carbocycles. The van der Waals surface area contributed by atoms with Crippen molar-refractivity contribution in [1.82, 2.24) is 14.9 Å². The zero-order valence-corrected chi connectivity index (χ0v) is 16.0. The van der Waals surface area contributed by atoms with E-state index in [0.29, 0.717) is 5.82 Å². The summed E-state index contributed by atoms with van der Waals surface area (Å²) in [6.07, 6.45) is 3.57. The molecule has 0 bridgehead atoms. The minimum atomic E-state index is -0.447. The van der Waals surface area contributed by atoms with Gasteiger partial charge in [-0.05, 0) is 35.4 Å². The third kappa shape index (κ3) is 4.49. The molecule has 29 heavy (non-hydrogen) atoms. The molecule has 3 aromatic rings. The molecule has 1 unspecified atom stereocenters. The van der Waals surface area contributed by atoms with Crippen molar-refractivity contribution in [2.45, 2.75) is 18.8 Å². The number of rotatable bonds is 6. The van der Waals surface area contributed by atoms with E-state index in [1.54, 1.807) is 17.0 Å². The Hall–Kier alpha value is -3.11. The van der Waals surface area contributed by atoms with Gasteiger partial charge in [0.15, 0.2) is 0 Å². The molecule has 1 aliphatic heterocycles. The molecule has 2 heterocycles. The molecule has 0 amide bonds. The van der Waals surface area contributed by atoms with Gasteiger partial charge in [-0.15, -0.1) is 0 Å². The van der Waals surface area contributed by atoms with Crippen LogP contribution in [0.3, 0.4) is 0 Å². The lowest BCUT2D eigenvalue weighted by Gasteiger charge is -2.27. The maximum absolute atomic E-state index is 9.64. The molecule has 6 nitrogen and oxygen atoms in total. The quantitative estimate of drug-likeness (QED) is 0.562. The van der Waals surface area contributed by atoms with Gasteiger partial charge in [-0.1, -0.05) is 36.1 Å². The fourth-order valence-corrected chi connectivity index (χ4v) is 3.13. The van der Waals surface area contributed by atoms with Crippen molar-refractivity contribution in [1.29, 1.82) is 0 Å². The van der Waals surface area contributed by atoms with E-state index in [2.05, 4.69) is 34.3 Å². The first-order valence-corrected chi connectivity index (χ1v) is 9.59. The van der Waals surface area contributed by atoms with Gasteiger partial charge < -0.3 is 24.8 Å². The standard InChI is InChI=1S/C23H23N3O3/c27-15-20(26-12-11-25-23(26)16-28)8-3-17-1-4-18(5-2-17)19-6-9-21(10-7-19)29-22-13-24-14-22/h1-2,4-7,9-12,20,22,24,27-28H,13-16H2. The molecular weight excluding hydrogens is 366 g/mol. The number of hydrogen-bond acceptors (Lipinski definition) is 5. The first-order chi connectivity index (χ1) is 14.3. The van der Waals surface area contributed by atoms with E-state index in [1.807, 2.05) is 36.4 Å². The number of aliphatic hydroxyl groups is 2. The Balaban J connectivity index is 1.44. The predicted octanol–water partition coefficient (Wildman–Crippen LogP) is 1.98. The molecule has 2 aromatic carbocycles. The van der Waals surface area contributed by atoms with Gasteiger partial charge >= 0.3 is 0 Å². The molecule has 1 atom stereocenters. The van der Waals surface area contributed by atoms with Crippen LogP contribution < -0.4 is 10.1 Å². The summed E-state index contributed by atoms with van der Waals surface area (Å²) in [5.41, 5.74) is 3.07. The van der Waals surface area contributed by atoms with Gasteiger partial charge in [0.2, 0.25) is 0 Å². The van der Waals surface area contributed by atoms with Crippen molar-refractivity contribution in [3.63, 3.8) is 0 Å². The van der Waals surface area contributed by atoms with Crippen LogP contribution in [0.4, 0.5) is 0 Å². The van der Waals surface area contributed by atoms with E-state index in [0.717, 1.165) is 35.5 Å². The normalized spacial score (nSPS) is 14.6. The van der Waals surface area contributed by atoms with Crippen molar-refractivity contribution >= 4 is 0 Å². The number of nitrogens with one attached hydrogen (secondary N) is 1. The van der Waals surface area contributed by atoms with Crippen LogP contribution in [0.15, 0.2) is 60.9 Å². The summed E-state index contributed by atoms with van der Waals surface area (Å²) < 4.78 is 7.53. The van der Waals surface area contributed by atoms with Crippen molar-refractivity contribution in [2.24, 2.45) is 0 Å². The Morgan fingerprint density at radius 2 is 1.76 bits per heavy atom. The van der Waals surface area contributed by atoms with Crippen molar-refractivity contribution in [3.05, 3.63) is 72.3 Å². The fraction of sp³-hybridized carbons (Fsp3) is 0.261. The first-order valence-electron chi connectivity index (χ1n) is 9.59. The Labute approximate surface area is 169 Å². The largest absolute Gasteiger partial charge is 0.488 e. The van der Waals surface area contributed by atoms with Gasteiger partial charge in [-0.2, -0.15) is 0 Å². The fourth-order valence-electron chi connectivity index (χ4n) is 3.13. The average Bonchev–Trinajstić information content (AvgIpc) is 3.21. The lowest BCUT2D eigenvalue weighted by atomic mass is 10.0. The second kappa shape index (κ2) is 8.93. The minimum Gasteiger partial charge on any atom is -0.488 e. The summed E-state index contributed by atoms with van der Waals surface area (Å²) in [6, 6.07) is 15.6. The third-order valence-electron chi connectivity index (χ3n) is 4.90. The van der Waals surface area contributed by atoms with Crippen LogP contribution in [0.25, 0.3) is 11.1 Å².